The minimum Gasteiger partial charge on any atom is -0.345 e. The molecule has 0 aliphatic heterocycles. The van der Waals surface area contributed by atoms with Crippen LogP contribution in [0, 0.1) is 13.8 Å². The van der Waals surface area contributed by atoms with Crippen molar-refractivity contribution in [2.24, 2.45) is 0 Å². The van der Waals surface area contributed by atoms with Crippen LogP contribution in [0.1, 0.15) is 39.3 Å². The second-order valence-electron chi connectivity index (χ2n) is 4.48. The van der Waals surface area contributed by atoms with Gasteiger partial charge in [0.05, 0.1) is 10.9 Å². The van der Waals surface area contributed by atoms with E-state index < -0.39 is 0 Å². The number of carbonyl (C=O) groups is 1. The van der Waals surface area contributed by atoms with Crippen LogP contribution >= 0.6 is 11.3 Å². The largest absolute Gasteiger partial charge is 0.345 e. The molecule has 1 aromatic heterocycles. The van der Waals surface area contributed by atoms with Gasteiger partial charge in [-0.3, -0.25) is 4.79 Å². The summed E-state index contributed by atoms with van der Waals surface area (Å²) in [5, 5.41) is 5.00. The van der Waals surface area contributed by atoms with Gasteiger partial charge in [0.25, 0.3) is 5.91 Å². The first-order valence-corrected chi connectivity index (χ1v) is 6.88. The Morgan fingerprint density at radius 2 is 1.89 bits per heavy atom. The monoisotopic (exact) mass is 259 g/mol. The maximum atomic E-state index is 12.1. The summed E-state index contributed by atoms with van der Waals surface area (Å²) in [6, 6.07) is 10.1. The molecule has 2 aromatic rings. The Morgan fingerprint density at radius 1 is 1.17 bits per heavy atom. The summed E-state index contributed by atoms with van der Waals surface area (Å²) < 4.78 is 0. The smallest absolute Gasteiger partial charge is 0.262 e. The number of amides is 1. The molecule has 0 saturated carbocycles. The molecule has 0 fully saturated rings. The highest BCUT2D eigenvalue weighted by atomic mass is 32.1. The van der Waals surface area contributed by atoms with Gasteiger partial charge in [-0.2, -0.15) is 0 Å². The molecule has 0 bridgehead atoms. The molecule has 1 heterocycles. The summed E-state index contributed by atoms with van der Waals surface area (Å²) in [5.74, 6) is 0.0123. The Kier molecular flexibility index (Phi) is 3.82. The zero-order chi connectivity index (χ0) is 13.1. The first kappa shape index (κ1) is 12.8. The highest BCUT2D eigenvalue weighted by molar-refractivity contribution is 7.12. The molecular weight excluding hydrogens is 242 g/mol. The zero-order valence-corrected chi connectivity index (χ0v) is 11.7. The number of rotatable bonds is 3. The standard InChI is InChI=1S/C15H17NOS/c1-10-6-4-5-7-13(10)12(3)16-15(17)14-11(2)8-9-18-14/h4-9,12H,1-3H3,(H,16,17). The number of carbonyl (C=O) groups excluding carboxylic acids is 1. The van der Waals surface area contributed by atoms with Crippen molar-refractivity contribution in [2.45, 2.75) is 26.8 Å². The van der Waals surface area contributed by atoms with E-state index >= 15 is 0 Å². The average molecular weight is 259 g/mol. The number of hydrogen-bond acceptors (Lipinski definition) is 2. The second-order valence-corrected chi connectivity index (χ2v) is 5.40. The molecule has 3 heteroatoms. The minimum absolute atomic E-state index is 0.0123. The highest BCUT2D eigenvalue weighted by Crippen LogP contribution is 2.20. The van der Waals surface area contributed by atoms with Crippen molar-refractivity contribution < 1.29 is 4.79 Å². The fourth-order valence-corrected chi connectivity index (χ4v) is 2.85. The quantitative estimate of drug-likeness (QED) is 0.891. The Balaban J connectivity index is 2.13. The molecule has 0 aliphatic rings. The normalized spacial score (nSPS) is 12.2. The van der Waals surface area contributed by atoms with Gasteiger partial charge in [-0.1, -0.05) is 24.3 Å². The Bertz CT molecular complexity index is 559. The number of nitrogens with one attached hydrogen (secondary N) is 1. The molecule has 0 radical (unpaired) electrons. The van der Waals surface area contributed by atoms with Gasteiger partial charge in [0.2, 0.25) is 0 Å². The van der Waals surface area contributed by atoms with Gasteiger partial charge in [0.1, 0.15) is 0 Å². The summed E-state index contributed by atoms with van der Waals surface area (Å²) in [6.45, 7) is 6.04. The first-order valence-electron chi connectivity index (χ1n) is 6.00. The molecule has 1 unspecified atom stereocenters. The summed E-state index contributed by atoms with van der Waals surface area (Å²) in [7, 11) is 0. The third kappa shape index (κ3) is 2.62. The molecule has 1 amide bonds. The van der Waals surface area contributed by atoms with Gasteiger partial charge in [-0.05, 0) is 48.9 Å². The van der Waals surface area contributed by atoms with E-state index in [-0.39, 0.29) is 11.9 Å². The van der Waals surface area contributed by atoms with Gasteiger partial charge in [-0.15, -0.1) is 11.3 Å². The molecule has 0 saturated heterocycles. The predicted octanol–water partition coefficient (Wildman–Crippen LogP) is 3.86. The van der Waals surface area contributed by atoms with E-state index in [0.717, 1.165) is 10.4 Å². The Hall–Kier alpha value is -1.61. The number of thiophene rings is 1. The predicted molar refractivity (Wildman–Crippen MR) is 76.1 cm³/mol. The fraction of sp³-hybridized carbons (Fsp3) is 0.267. The minimum atomic E-state index is 0.0123. The van der Waals surface area contributed by atoms with Crippen LogP contribution in [-0.4, -0.2) is 5.91 Å². The molecule has 1 atom stereocenters. The maximum absolute atomic E-state index is 12.1. The van der Waals surface area contributed by atoms with Crippen molar-refractivity contribution in [3.05, 3.63) is 57.3 Å². The number of hydrogen-bond donors (Lipinski definition) is 1. The lowest BCUT2D eigenvalue weighted by atomic mass is 10.0. The van der Waals surface area contributed by atoms with E-state index in [2.05, 4.69) is 24.4 Å². The van der Waals surface area contributed by atoms with Crippen molar-refractivity contribution in [2.75, 3.05) is 0 Å². The van der Waals surface area contributed by atoms with Crippen molar-refractivity contribution >= 4 is 17.2 Å². The molecule has 18 heavy (non-hydrogen) atoms. The van der Waals surface area contributed by atoms with Gasteiger partial charge in [0.15, 0.2) is 0 Å². The summed E-state index contributed by atoms with van der Waals surface area (Å²) >= 11 is 1.49. The lowest BCUT2D eigenvalue weighted by molar-refractivity contribution is 0.0943. The lowest BCUT2D eigenvalue weighted by Crippen LogP contribution is -2.26. The highest BCUT2D eigenvalue weighted by Gasteiger charge is 2.15. The average Bonchev–Trinajstić information content (AvgIpc) is 2.76. The topological polar surface area (TPSA) is 29.1 Å². The fourth-order valence-electron chi connectivity index (χ4n) is 2.02. The molecule has 94 valence electrons. The first-order chi connectivity index (χ1) is 8.59. The van der Waals surface area contributed by atoms with Crippen molar-refractivity contribution in [1.82, 2.24) is 5.32 Å². The van der Waals surface area contributed by atoms with Crippen LogP contribution in [0.15, 0.2) is 35.7 Å². The van der Waals surface area contributed by atoms with Crippen molar-refractivity contribution in [1.29, 1.82) is 0 Å². The van der Waals surface area contributed by atoms with Gasteiger partial charge in [0, 0.05) is 0 Å². The van der Waals surface area contributed by atoms with Crippen LogP contribution < -0.4 is 5.32 Å². The van der Waals surface area contributed by atoms with Crippen LogP contribution in [0.4, 0.5) is 0 Å². The Labute approximate surface area is 112 Å². The van der Waals surface area contributed by atoms with Crippen molar-refractivity contribution in [3.8, 4) is 0 Å². The van der Waals surface area contributed by atoms with Gasteiger partial charge in [-0.25, -0.2) is 0 Å². The molecule has 1 aromatic carbocycles. The molecule has 2 nitrogen and oxygen atoms in total. The summed E-state index contributed by atoms with van der Waals surface area (Å²) in [4.78, 5) is 12.9. The molecule has 1 N–H and O–H groups in total. The van der Waals surface area contributed by atoms with Gasteiger partial charge >= 0.3 is 0 Å². The maximum Gasteiger partial charge on any atom is 0.262 e. The molecule has 0 spiro atoms. The van der Waals surface area contributed by atoms with E-state index in [4.69, 9.17) is 0 Å². The molecule has 0 aliphatic carbocycles. The number of aryl methyl sites for hydroxylation is 2. The van der Waals surface area contributed by atoms with Crippen LogP contribution in [0.25, 0.3) is 0 Å². The van der Waals surface area contributed by atoms with Crippen LogP contribution in [0.2, 0.25) is 0 Å². The number of benzene rings is 1. The van der Waals surface area contributed by atoms with E-state index in [1.165, 1.54) is 22.5 Å². The second kappa shape index (κ2) is 5.36. The van der Waals surface area contributed by atoms with E-state index in [9.17, 15) is 4.79 Å². The van der Waals surface area contributed by atoms with Gasteiger partial charge < -0.3 is 5.32 Å². The SMILES string of the molecule is Cc1ccccc1C(C)NC(=O)c1sccc1C. The zero-order valence-electron chi connectivity index (χ0n) is 10.9. The molecule has 2 rings (SSSR count). The lowest BCUT2D eigenvalue weighted by Gasteiger charge is -2.16. The third-order valence-corrected chi connectivity index (χ3v) is 4.09. The van der Waals surface area contributed by atoms with Crippen LogP contribution in [-0.2, 0) is 0 Å². The molecular formula is C15H17NOS. The van der Waals surface area contributed by atoms with Crippen molar-refractivity contribution in [3.63, 3.8) is 0 Å². The van der Waals surface area contributed by atoms with E-state index in [1.54, 1.807) is 0 Å². The van der Waals surface area contributed by atoms with E-state index in [0.29, 0.717) is 0 Å². The van der Waals surface area contributed by atoms with Crippen LogP contribution in [0.3, 0.4) is 0 Å². The van der Waals surface area contributed by atoms with E-state index in [1.807, 2.05) is 37.4 Å². The Morgan fingerprint density at radius 3 is 2.50 bits per heavy atom. The summed E-state index contributed by atoms with van der Waals surface area (Å²) in [6.07, 6.45) is 0. The summed E-state index contributed by atoms with van der Waals surface area (Å²) in [5.41, 5.74) is 3.41. The third-order valence-electron chi connectivity index (χ3n) is 3.07. The van der Waals surface area contributed by atoms with Crippen LogP contribution in [0.5, 0.6) is 0 Å².